The van der Waals surface area contributed by atoms with Gasteiger partial charge in [-0.1, -0.05) is 12.1 Å². The Morgan fingerprint density at radius 3 is 2.50 bits per heavy atom. The standard InChI is InChI=1S/C7H6F2N/c8-6-3-1-2-5(4-10)7(6)9/h1-3,10H,4H2. The summed E-state index contributed by atoms with van der Waals surface area (Å²) in [6.07, 6.45) is 0. The predicted octanol–water partition coefficient (Wildman–Crippen LogP) is 1.75. The summed E-state index contributed by atoms with van der Waals surface area (Å²) in [5.74, 6) is -1.79. The lowest BCUT2D eigenvalue weighted by molar-refractivity contribution is 0.498. The van der Waals surface area contributed by atoms with Gasteiger partial charge in [-0.3, -0.25) is 5.73 Å². The van der Waals surface area contributed by atoms with E-state index in [1.165, 1.54) is 12.1 Å². The first-order valence-electron chi connectivity index (χ1n) is 2.83. The highest BCUT2D eigenvalue weighted by Gasteiger charge is 2.04. The van der Waals surface area contributed by atoms with Crippen molar-refractivity contribution in [2.45, 2.75) is 6.54 Å². The molecule has 1 aromatic rings. The van der Waals surface area contributed by atoms with E-state index in [2.05, 4.69) is 0 Å². The monoisotopic (exact) mass is 142 g/mol. The minimum absolute atomic E-state index is 0.0972. The summed E-state index contributed by atoms with van der Waals surface area (Å²) in [6, 6.07) is 3.82. The molecule has 10 heavy (non-hydrogen) atoms. The molecule has 0 spiro atoms. The highest BCUT2D eigenvalue weighted by molar-refractivity contribution is 5.18. The summed E-state index contributed by atoms with van der Waals surface area (Å²) in [7, 11) is 0. The van der Waals surface area contributed by atoms with Gasteiger partial charge < -0.3 is 0 Å². The van der Waals surface area contributed by atoms with Gasteiger partial charge in [0.25, 0.3) is 0 Å². The Bertz CT molecular complexity index is 235. The van der Waals surface area contributed by atoms with Crippen molar-refractivity contribution in [1.29, 1.82) is 0 Å². The van der Waals surface area contributed by atoms with Crippen LogP contribution in [0.2, 0.25) is 0 Å². The summed E-state index contributed by atoms with van der Waals surface area (Å²) in [5, 5.41) is 0. The van der Waals surface area contributed by atoms with Crippen molar-refractivity contribution >= 4 is 0 Å². The summed E-state index contributed by atoms with van der Waals surface area (Å²) < 4.78 is 24.8. The second kappa shape index (κ2) is 2.75. The fraction of sp³-hybridized carbons (Fsp3) is 0.143. The van der Waals surface area contributed by atoms with E-state index in [4.69, 9.17) is 5.73 Å². The van der Waals surface area contributed by atoms with E-state index in [1.54, 1.807) is 0 Å². The van der Waals surface area contributed by atoms with Gasteiger partial charge >= 0.3 is 0 Å². The van der Waals surface area contributed by atoms with E-state index < -0.39 is 11.6 Å². The lowest BCUT2D eigenvalue weighted by Gasteiger charge is -1.97. The summed E-state index contributed by atoms with van der Waals surface area (Å²) in [6.45, 7) is -0.219. The third kappa shape index (κ3) is 1.14. The van der Waals surface area contributed by atoms with Crippen molar-refractivity contribution in [1.82, 2.24) is 5.73 Å². The lowest BCUT2D eigenvalue weighted by Crippen LogP contribution is -1.93. The molecule has 1 rings (SSSR count). The number of benzene rings is 1. The molecular weight excluding hydrogens is 136 g/mol. The van der Waals surface area contributed by atoms with Crippen LogP contribution < -0.4 is 5.73 Å². The minimum atomic E-state index is -0.905. The van der Waals surface area contributed by atoms with Crippen LogP contribution in [0.4, 0.5) is 8.78 Å². The molecule has 0 saturated heterocycles. The molecular formula is C7H6F2N. The molecule has 0 aromatic heterocycles. The highest BCUT2D eigenvalue weighted by atomic mass is 19.2. The van der Waals surface area contributed by atoms with Gasteiger partial charge in [0.05, 0.1) is 0 Å². The molecule has 3 heteroatoms. The van der Waals surface area contributed by atoms with Gasteiger partial charge in [-0.2, -0.15) is 0 Å². The molecule has 0 saturated carbocycles. The van der Waals surface area contributed by atoms with Crippen LogP contribution >= 0.6 is 0 Å². The number of halogens is 2. The molecule has 53 valence electrons. The maximum absolute atomic E-state index is 12.5. The second-order valence-electron chi connectivity index (χ2n) is 1.89. The molecule has 0 aliphatic rings. The van der Waals surface area contributed by atoms with Crippen molar-refractivity contribution < 1.29 is 8.78 Å². The van der Waals surface area contributed by atoms with Gasteiger partial charge in [-0.25, -0.2) is 8.78 Å². The van der Waals surface area contributed by atoms with Crippen LogP contribution in [0, 0.1) is 11.6 Å². The largest absolute Gasteiger partial charge is 0.253 e. The van der Waals surface area contributed by atoms with Crippen LogP contribution in [-0.2, 0) is 6.54 Å². The maximum atomic E-state index is 12.5. The minimum Gasteiger partial charge on any atom is -0.253 e. The van der Waals surface area contributed by atoms with Gasteiger partial charge in [-0.05, 0) is 6.07 Å². The molecule has 1 N–H and O–H groups in total. The molecule has 1 aromatic carbocycles. The Morgan fingerprint density at radius 2 is 2.00 bits per heavy atom. The first-order valence-corrected chi connectivity index (χ1v) is 2.83. The maximum Gasteiger partial charge on any atom is 0.163 e. The highest BCUT2D eigenvalue weighted by Crippen LogP contribution is 2.09. The van der Waals surface area contributed by atoms with Crippen molar-refractivity contribution in [3.05, 3.63) is 35.4 Å². The van der Waals surface area contributed by atoms with Gasteiger partial charge in [-0.15, -0.1) is 0 Å². The van der Waals surface area contributed by atoms with Crippen molar-refractivity contribution in [2.75, 3.05) is 0 Å². The molecule has 0 bridgehead atoms. The molecule has 1 radical (unpaired) electrons. The van der Waals surface area contributed by atoms with Crippen molar-refractivity contribution in [3.8, 4) is 0 Å². The molecule has 0 atom stereocenters. The van der Waals surface area contributed by atoms with E-state index in [9.17, 15) is 8.78 Å². The van der Waals surface area contributed by atoms with Crippen LogP contribution in [0.15, 0.2) is 18.2 Å². The topological polar surface area (TPSA) is 23.8 Å². The molecule has 0 amide bonds. The summed E-state index contributed by atoms with van der Waals surface area (Å²) >= 11 is 0. The van der Waals surface area contributed by atoms with Gasteiger partial charge in [0, 0.05) is 12.1 Å². The quantitative estimate of drug-likeness (QED) is 0.570. The van der Waals surface area contributed by atoms with Crippen molar-refractivity contribution in [3.63, 3.8) is 0 Å². The first kappa shape index (κ1) is 7.15. The molecule has 0 aliphatic carbocycles. The van der Waals surface area contributed by atoms with Crippen LogP contribution in [0.1, 0.15) is 5.56 Å². The second-order valence-corrected chi connectivity index (χ2v) is 1.89. The number of hydrogen-bond acceptors (Lipinski definition) is 0. The summed E-state index contributed by atoms with van der Waals surface area (Å²) in [4.78, 5) is 0. The number of hydrogen-bond donors (Lipinski definition) is 0. The lowest BCUT2D eigenvalue weighted by atomic mass is 10.2. The normalized spacial score (nSPS) is 9.90. The van der Waals surface area contributed by atoms with E-state index in [-0.39, 0.29) is 12.1 Å². The Hall–Kier alpha value is -0.960. The van der Waals surface area contributed by atoms with E-state index >= 15 is 0 Å². The van der Waals surface area contributed by atoms with Gasteiger partial charge in [0.1, 0.15) is 0 Å². The predicted molar refractivity (Wildman–Crippen MR) is 33.2 cm³/mol. The van der Waals surface area contributed by atoms with Crippen LogP contribution in [-0.4, -0.2) is 0 Å². The molecule has 0 heterocycles. The molecule has 1 nitrogen and oxygen atoms in total. The molecule has 0 unspecified atom stereocenters. The smallest absolute Gasteiger partial charge is 0.163 e. The molecule has 0 fully saturated rings. The summed E-state index contributed by atoms with van der Waals surface area (Å²) in [5.41, 5.74) is 6.87. The fourth-order valence-electron chi connectivity index (χ4n) is 0.685. The van der Waals surface area contributed by atoms with E-state index in [0.29, 0.717) is 0 Å². The third-order valence-corrected chi connectivity index (χ3v) is 1.22. The number of rotatable bonds is 1. The molecule has 0 aliphatic heterocycles. The van der Waals surface area contributed by atoms with Gasteiger partial charge in [0.15, 0.2) is 11.6 Å². The average molecular weight is 142 g/mol. The Morgan fingerprint density at radius 1 is 1.30 bits per heavy atom. The van der Waals surface area contributed by atoms with Crippen LogP contribution in [0.5, 0.6) is 0 Å². The van der Waals surface area contributed by atoms with Crippen LogP contribution in [0.25, 0.3) is 0 Å². The van der Waals surface area contributed by atoms with E-state index in [1.807, 2.05) is 0 Å². The fourth-order valence-corrected chi connectivity index (χ4v) is 0.685. The zero-order valence-corrected chi connectivity index (χ0v) is 5.20. The SMILES string of the molecule is [NH]Cc1cccc(F)c1F. The Balaban J connectivity index is 3.14. The van der Waals surface area contributed by atoms with Crippen LogP contribution in [0.3, 0.4) is 0 Å². The van der Waals surface area contributed by atoms with E-state index in [0.717, 1.165) is 6.07 Å². The Kier molecular flexibility index (Phi) is 1.97. The zero-order chi connectivity index (χ0) is 7.56. The van der Waals surface area contributed by atoms with Crippen molar-refractivity contribution in [2.24, 2.45) is 0 Å². The Labute approximate surface area is 57.5 Å². The zero-order valence-electron chi connectivity index (χ0n) is 5.20. The average Bonchev–Trinajstić information content (AvgIpc) is 1.95. The first-order chi connectivity index (χ1) is 4.75. The number of nitrogens with one attached hydrogen (secondary N) is 1. The van der Waals surface area contributed by atoms with Gasteiger partial charge in [0.2, 0.25) is 0 Å². The third-order valence-electron chi connectivity index (χ3n) is 1.22.